The first-order valence-electron chi connectivity index (χ1n) is 10.4. The highest BCUT2D eigenvalue weighted by Crippen LogP contribution is 2.31. The van der Waals surface area contributed by atoms with Crippen molar-refractivity contribution in [2.75, 3.05) is 13.2 Å². The number of carbonyl (C=O) groups is 3. The van der Waals surface area contributed by atoms with Crippen molar-refractivity contribution in [1.82, 2.24) is 5.32 Å². The van der Waals surface area contributed by atoms with E-state index in [1.165, 1.54) is 6.07 Å². The van der Waals surface area contributed by atoms with Gasteiger partial charge in [-0.25, -0.2) is 4.79 Å². The number of esters is 1. The molecule has 0 bridgehead atoms. The summed E-state index contributed by atoms with van der Waals surface area (Å²) < 4.78 is 10.8. The summed E-state index contributed by atoms with van der Waals surface area (Å²) in [5, 5.41) is 2.89. The van der Waals surface area contributed by atoms with Crippen LogP contribution >= 0.6 is 0 Å². The van der Waals surface area contributed by atoms with E-state index < -0.39 is 18.5 Å². The Labute approximate surface area is 186 Å². The Bertz CT molecular complexity index is 1150. The third-order valence-corrected chi connectivity index (χ3v) is 5.33. The number of hydrogen-bond acceptors (Lipinski definition) is 5. The summed E-state index contributed by atoms with van der Waals surface area (Å²) in [4.78, 5) is 38.0. The number of ether oxygens (including phenoxy) is 2. The molecule has 6 nitrogen and oxygen atoms in total. The SMILES string of the molecule is Cc1ccc(C(=O)c2ccccc2C(=O)OCC(=O)NC2CCOc3ccccc32)cc1. The average Bonchev–Trinajstić information content (AvgIpc) is 2.83. The third kappa shape index (κ3) is 4.70. The van der Waals surface area contributed by atoms with Gasteiger partial charge in [0.2, 0.25) is 0 Å². The third-order valence-electron chi connectivity index (χ3n) is 5.33. The maximum atomic E-state index is 12.9. The van der Waals surface area contributed by atoms with Crippen LogP contribution in [0.2, 0.25) is 0 Å². The second-order valence-corrected chi connectivity index (χ2v) is 7.61. The Morgan fingerprint density at radius 1 is 0.938 bits per heavy atom. The number of rotatable bonds is 6. The topological polar surface area (TPSA) is 81.7 Å². The van der Waals surface area contributed by atoms with E-state index in [-0.39, 0.29) is 23.0 Å². The van der Waals surface area contributed by atoms with E-state index in [4.69, 9.17) is 9.47 Å². The lowest BCUT2D eigenvalue weighted by atomic mass is 9.98. The summed E-state index contributed by atoms with van der Waals surface area (Å²) >= 11 is 0. The second-order valence-electron chi connectivity index (χ2n) is 7.61. The van der Waals surface area contributed by atoms with Crippen molar-refractivity contribution in [2.45, 2.75) is 19.4 Å². The van der Waals surface area contributed by atoms with Crippen molar-refractivity contribution in [2.24, 2.45) is 0 Å². The van der Waals surface area contributed by atoms with Gasteiger partial charge in [-0.3, -0.25) is 9.59 Å². The molecule has 0 saturated carbocycles. The molecule has 1 unspecified atom stereocenters. The van der Waals surface area contributed by atoms with Crippen molar-refractivity contribution in [3.8, 4) is 5.75 Å². The minimum absolute atomic E-state index is 0.127. The molecule has 0 aliphatic carbocycles. The Morgan fingerprint density at radius 3 is 2.41 bits per heavy atom. The number of aryl methyl sites for hydroxylation is 1. The van der Waals surface area contributed by atoms with Gasteiger partial charge in [-0.2, -0.15) is 0 Å². The molecular weight excluding hydrogens is 406 g/mol. The fraction of sp³-hybridized carbons (Fsp3) is 0.192. The molecule has 3 aromatic rings. The molecule has 1 aliphatic rings. The van der Waals surface area contributed by atoms with Gasteiger partial charge in [0, 0.05) is 23.1 Å². The molecule has 3 aromatic carbocycles. The molecule has 0 fully saturated rings. The quantitative estimate of drug-likeness (QED) is 0.473. The first-order valence-corrected chi connectivity index (χ1v) is 10.4. The lowest BCUT2D eigenvalue weighted by Crippen LogP contribution is -2.35. The first kappa shape index (κ1) is 21.3. The maximum absolute atomic E-state index is 12.9. The minimum atomic E-state index is -0.719. The van der Waals surface area contributed by atoms with Crippen LogP contribution in [0.1, 0.15) is 49.9 Å². The van der Waals surface area contributed by atoms with Crippen LogP contribution < -0.4 is 10.1 Å². The molecule has 1 N–H and O–H groups in total. The number of hydrogen-bond donors (Lipinski definition) is 1. The Kier molecular flexibility index (Phi) is 6.31. The predicted molar refractivity (Wildman–Crippen MR) is 119 cm³/mol. The lowest BCUT2D eigenvalue weighted by molar-refractivity contribution is -0.125. The number of amides is 1. The van der Waals surface area contributed by atoms with E-state index in [1.807, 2.05) is 43.3 Å². The van der Waals surface area contributed by atoms with Crippen LogP contribution in [0.3, 0.4) is 0 Å². The standard InChI is InChI=1S/C26H23NO5/c1-17-10-12-18(13-11-17)25(29)19-6-2-3-7-20(19)26(30)32-16-24(28)27-22-14-15-31-23-9-5-4-8-21(22)23/h2-13,22H,14-16H2,1H3,(H,27,28). The van der Waals surface area contributed by atoms with Gasteiger partial charge in [-0.15, -0.1) is 0 Å². The van der Waals surface area contributed by atoms with E-state index >= 15 is 0 Å². The zero-order valence-electron chi connectivity index (χ0n) is 17.7. The zero-order valence-corrected chi connectivity index (χ0v) is 17.7. The number of benzene rings is 3. The molecule has 162 valence electrons. The molecular formula is C26H23NO5. The van der Waals surface area contributed by atoms with Gasteiger partial charge in [-0.1, -0.05) is 66.2 Å². The summed E-state index contributed by atoms with van der Waals surface area (Å²) in [6.45, 7) is 1.99. The average molecular weight is 429 g/mol. The molecule has 0 saturated heterocycles. The van der Waals surface area contributed by atoms with E-state index in [9.17, 15) is 14.4 Å². The Balaban J connectivity index is 1.41. The van der Waals surface area contributed by atoms with Gasteiger partial charge in [0.1, 0.15) is 5.75 Å². The van der Waals surface area contributed by atoms with Gasteiger partial charge in [0.05, 0.1) is 18.2 Å². The summed E-state index contributed by atoms with van der Waals surface area (Å²) in [5.74, 6) is -0.670. The Hall–Kier alpha value is -3.93. The smallest absolute Gasteiger partial charge is 0.339 e. The number of nitrogens with one attached hydrogen (secondary N) is 1. The van der Waals surface area contributed by atoms with Crippen LogP contribution in [0.25, 0.3) is 0 Å². The second kappa shape index (κ2) is 9.47. The molecule has 6 heteroatoms. The van der Waals surface area contributed by atoms with Gasteiger partial charge in [-0.05, 0) is 19.1 Å². The van der Waals surface area contributed by atoms with E-state index in [0.717, 1.165) is 16.9 Å². The molecule has 1 amide bonds. The fourth-order valence-corrected chi connectivity index (χ4v) is 3.66. The van der Waals surface area contributed by atoms with E-state index in [0.29, 0.717) is 18.6 Å². The van der Waals surface area contributed by atoms with Crippen LogP contribution in [-0.4, -0.2) is 30.9 Å². The molecule has 0 spiro atoms. The first-order chi connectivity index (χ1) is 15.5. The predicted octanol–water partition coefficient (Wildman–Crippen LogP) is 4.02. The van der Waals surface area contributed by atoms with Gasteiger partial charge >= 0.3 is 5.97 Å². The normalized spacial score (nSPS) is 14.6. The lowest BCUT2D eigenvalue weighted by Gasteiger charge is -2.26. The van der Waals surface area contributed by atoms with Crippen molar-refractivity contribution in [1.29, 1.82) is 0 Å². The van der Waals surface area contributed by atoms with E-state index in [2.05, 4.69) is 5.32 Å². The van der Waals surface area contributed by atoms with Crippen LogP contribution in [-0.2, 0) is 9.53 Å². The molecule has 4 rings (SSSR count). The number of fused-ring (bicyclic) bond motifs is 1. The maximum Gasteiger partial charge on any atom is 0.339 e. The van der Waals surface area contributed by atoms with Gasteiger partial charge < -0.3 is 14.8 Å². The molecule has 0 aromatic heterocycles. The van der Waals surface area contributed by atoms with Gasteiger partial charge in [0.15, 0.2) is 12.4 Å². The van der Waals surface area contributed by atoms with Crippen LogP contribution in [0, 0.1) is 6.92 Å². The molecule has 1 heterocycles. The van der Waals surface area contributed by atoms with Crippen molar-refractivity contribution >= 4 is 17.7 Å². The summed E-state index contributed by atoms with van der Waals surface area (Å²) in [5.41, 5.74) is 2.77. The van der Waals surface area contributed by atoms with Gasteiger partial charge in [0.25, 0.3) is 5.91 Å². The van der Waals surface area contributed by atoms with Crippen molar-refractivity contribution < 1.29 is 23.9 Å². The number of carbonyl (C=O) groups excluding carboxylic acids is 3. The highest BCUT2D eigenvalue weighted by molar-refractivity contribution is 6.14. The van der Waals surface area contributed by atoms with Crippen molar-refractivity contribution in [3.05, 3.63) is 101 Å². The highest BCUT2D eigenvalue weighted by atomic mass is 16.5. The van der Waals surface area contributed by atoms with Crippen LogP contribution in [0.5, 0.6) is 5.75 Å². The zero-order chi connectivity index (χ0) is 22.5. The molecule has 1 atom stereocenters. The molecule has 1 aliphatic heterocycles. The van der Waals surface area contributed by atoms with Crippen LogP contribution in [0.4, 0.5) is 0 Å². The molecule has 32 heavy (non-hydrogen) atoms. The van der Waals surface area contributed by atoms with Crippen LogP contribution in [0.15, 0.2) is 72.8 Å². The molecule has 0 radical (unpaired) electrons. The number of ketones is 1. The Morgan fingerprint density at radius 2 is 1.62 bits per heavy atom. The minimum Gasteiger partial charge on any atom is -0.493 e. The fourth-order valence-electron chi connectivity index (χ4n) is 3.66. The summed E-state index contributed by atoms with van der Waals surface area (Å²) in [6.07, 6.45) is 0.630. The number of para-hydroxylation sites is 1. The van der Waals surface area contributed by atoms with Crippen molar-refractivity contribution in [3.63, 3.8) is 0 Å². The highest BCUT2D eigenvalue weighted by Gasteiger charge is 2.24. The monoisotopic (exact) mass is 429 g/mol. The summed E-state index contributed by atoms with van der Waals surface area (Å²) in [6, 6.07) is 20.9. The van der Waals surface area contributed by atoms with E-state index in [1.54, 1.807) is 30.3 Å². The largest absolute Gasteiger partial charge is 0.493 e. The summed E-state index contributed by atoms with van der Waals surface area (Å²) in [7, 11) is 0.